The van der Waals surface area contributed by atoms with Crippen molar-refractivity contribution in [3.63, 3.8) is 0 Å². The number of benzene rings is 1. The van der Waals surface area contributed by atoms with E-state index >= 15 is 0 Å². The molecule has 1 aliphatic rings. The first kappa shape index (κ1) is 12.0. The van der Waals surface area contributed by atoms with E-state index in [0.717, 1.165) is 30.4 Å². The minimum absolute atomic E-state index is 0.308. The van der Waals surface area contributed by atoms with Crippen LogP contribution in [-0.2, 0) is 24.0 Å². The van der Waals surface area contributed by atoms with Crippen molar-refractivity contribution in [1.29, 1.82) is 0 Å². The molecule has 0 unspecified atom stereocenters. The second-order valence-corrected chi connectivity index (χ2v) is 4.68. The number of carbonyl (C=O) groups excluding carboxylic acids is 1. The molecule has 2 aromatic rings. The average molecular weight is 257 g/mol. The lowest BCUT2D eigenvalue weighted by atomic mass is 9.88. The Labute approximate surface area is 111 Å². The normalized spacial score (nSPS) is 12.7. The van der Waals surface area contributed by atoms with Crippen LogP contribution >= 0.6 is 0 Å². The number of esters is 1. The molecule has 0 atom stereocenters. The first-order chi connectivity index (χ1) is 9.24. The van der Waals surface area contributed by atoms with Crippen LogP contribution in [0.15, 0.2) is 22.7 Å². The lowest BCUT2D eigenvalue weighted by Crippen LogP contribution is -2.09. The van der Waals surface area contributed by atoms with Gasteiger partial charge in [-0.1, -0.05) is 30.3 Å². The fourth-order valence-corrected chi connectivity index (χ4v) is 2.56. The second kappa shape index (κ2) is 4.53. The number of ether oxygens (including phenoxy) is 1. The number of hydrogen-bond donors (Lipinski definition) is 0. The molecule has 0 radical (unpaired) electrons. The van der Waals surface area contributed by atoms with Crippen molar-refractivity contribution in [3.05, 3.63) is 40.6 Å². The van der Waals surface area contributed by atoms with E-state index in [1.807, 2.05) is 0 Å². The van der Waals surface area contributed by atoms with Crippen LogP contribution < -0.4 is 0 Å². The van der Waals surface area contributed by atoms with E-state index in [-0.39, 0.29) is 0 Å². The van der Waals surface area contributed by atoms with Gasteiger partial charge in [-0.15, -0.1) is 0 Å². The molecule has 3 rings (SSSR count). The Morgan fingerprint density at radius 2 is 2.26 bits per heavy atom. The smallest absolute Gasteiger partial charge is 0.360 e. The third-order valence-corrected chi connectivity index (χ3v) is 3.63. The highest BCUT2D eigenvalue weighted by molar-refractivity contribution is 5.91. The molecule has 0 bridgehead atoms. The molecule has 4 heteroatoms. The molecule has 19 heavy (non-hydrogen) atoms. The van der Waals surface area contributed by atoms with Gasteiger partial charge < -0.3 is 9.26 Å². The van der Waals surface area contributed by atoms with Gasteiger partial charge in [0.1, 0.15) is 0 Å². The Bertz CT molecular complexity index is 643. The van der Waals surface area contributed by atoms with E-state index in [1.165, 1.54) is 18.2 Å². The molecule has 4 nitrogen and oxygen atoms in total. The van der Waals surface area contributed by atoms with Crippen molar-refractivity contribution in [3.8, 4) is 11.3 Å². The van der Waals surface area contributed by atoms with Crippen molar-refractivity contribution in [2.75, 3.05) is 7.11 Å². The average Bonchev–Trinajstić information content (AvgIpc) is 2.89. The lowest BCUT2D eigenvalue weighted by Gasteiger charge is -2.15. The van der Waals surface area contributed by atoms with Crippen LogP contribution in [0.25, 0.3) is 11.3 Å². The summed E-state index contributed by atoms with van der Waals surface area (Å²) in [6.45, 7) is 2.14. The Hall–Kier alpha value is -2.10. The summed E-state index contributed by atoms with van der Waals surface area (Å²) in [5.41, 5.74) is 4.79. The van der Waals surface area contributed by atoms with Gasteiger partial charge in [0.25, 0.3) is 0 Å². The molecule has 0 aliphatic heterocycles. The van der Waals surface area contributed by atoms with Crippen LogP contribution in [0.1, 0.15) is 34.1 Å². The second-order valence-electron chi connectivity index (χ2n) is 4.68. The van der Waals surface area contributed by atoms with E-state index in [2.05, 4.69) is 30.3 Å². The van der Waals surface area contributed by atoms with Crippen molar-refractivity contribution >= 4 is 5.97 Å². The number of methoxy groups -OCH3 is 1. The molecule has 0 saturated heterocycles. The highest BCUT2D eigenvalue weighted by Crippen LogP contribution is 2.35. The summed E-state index contributed by atoms with van der Waals surface area (Å²) in [5, 5.41) is 3.86. The maximum atomic E-state index is 11.6. The van der Waals surface area contributed by atoms with Gasteiger partial charge in [-0.25, -0.2) is 4.79 Å². The lowest BCUT2D eigenvalue weighted by molar-refractivity contribution is 0.0588. The molecular weight excluding hydrogens is 242 g/mol. The van der Waals surface area contributed by atoms with Gasteiger partial charge in [-0.2, -0.15) is 0 Å². The molecule has 98 valence electrons. The summed E-state index contributed by atoms with van der Waals surface area (Å²) in [5.74, 6) is 0.280. The number of hydrogen-bond acceptors (Lipinski definition) is 4. The van der Waals surface area contributed by atoms with Crippen LogP contribution in [0.4, 0.5) is 0 Å². The standard InChI is InChI=1S/C15H15NO3/c1-3-9-4-6-11-10(8-9)5-7-12-13(15(17)18-2)16-19-14(11)12/h4,6,8H,3,5,7H2,1-2H3. The van der Waals surface area contributed by atoms with Crippen LogP contribution in [-0.4, -0.2) is 18.2 Å². The van der Waals surface area contributed by atoms with Gasteiger partial charge in [-0.3, -0.25) is 0 Å². The van der Waals surface area contributed by atoms with Gasteiger partial charge in [0.15, 0.2) is 11.5 Å². The summed E-state index contributed by atoms with van der Waals surface area (Å²) in [4.78, 5) is 11.6. The fourth-order valence-electron chi connectivity index (χ4n) is 2.56. The molecule has 0 fully saturated rings. The van der Waals surface area contributed by atoms with Crippen LogP contribution in [0.2, 0.25) is 0 Å². The van der Waals surface area contributed by atoms with Crippen LogP contribution in [0.3, 0.4) is 0 Å². The maximum Gasteiger partial charge on any atom is 0.360 e. The van der Waals surface area contributed by atoms with Gasteiger partial charge in [0.05, 0.1) is 7.11 Å². The third-order valence-electron chi connectivity index (χ3n) is 3.63. The molecule has 0 spiro atoms. The van der Waals surface area contributed by atoms with Gasteiger partial charge in [0, 0.05) is 11.1 Å². The summed E-state index contributed by atoms with van der Waals surface area (Å²) >= 11 is 0. The first-order valence-electron chi connectivity index (χ1n) is 6.43. The first-order valence-corrected chi connectivity index (χ1v) is 6.43. The van der Waals surface area contributed by atoms with E-state index in [1.54, 1.807) is 0 Å². The molecule has 1 aromatic heterocycles. The topological polar surface area (TPSA) is 52.3 Å². The molecule has 1 aromatic carbocycles. The number of aromatic nitrogens is 1. The van der Waals surface area contributed by atoms with E-state index in [0.29, 0.717) is 11.5 Å². The summed E-state index contributed by atoms with van der Waals surface area (Å²) < 4.78 is 10.1. The highest BCUT2D eigenvalue weighted by Gasteiger charge is 2.27. The molecular formula is C15H15NO3. The zero-order chi connectivity index (χ0) is 13.4. The van der Waals surface area contributed by atoms with E-state index < -0.39 is 5.97 Å². The Kier molecular flexibility index (Phi) is 2.85. The number of carbonyl (C=O) groups is 1. The molecule has 1 heterocycles. The van der Waals surface area contributed by atoms with Crippen LogP contribution in [0, 0.1) is 0 Å². The maximum absolute atomic E-state index is 11.6. The fraction of sp³-hybridized carbons (Fsp3) is 0.333. The minimum Gasteiger partial charge on any atom is -0.464 e. The van der Waals surface area contributed by atoms with Crippen molar-refractivity contribution in [2.24, 2.45) is 0 Å². The van der Waals surface area contributed by atoms with Crippen molar-refractivity contribution in [2.45, 2.75) is 26.2 Å². The Morgan fingerprint density at radius 1 is 1.42 bits per heavy atom. The molecule has 0 saturated carbocycles. The third kappa shape index (κ3) is 1.84. The summed E-state index contributed by atoms with van der Waals surface area (Å²) in [6.07, 6.45) is 2.69. The predicted octanol–water partition coefficient (Wildman–Crippen LogP) is 2.79. The quantitative estimate of drug-likeness (QED) is 0.776. The largest absolute Gasteiger partial charge is 0.464 e. The Morgan fingerprint density at radius 3 is 3.00 bits per heavy atom. The number of aryl methyl sites for hydroxylation is 2. The monoisotopic (exact) mass is 257 g/mol. The summed E-state index contributed by atoms with van der Waals surface area (Å²) in [7, 11) is 1.35. The molecule has 0 N–H and O–H groups in total. The van der Waals surface area contributed by atoms with Crippen molar-refractivity contribution < 1.29 is 14.1 Å². The van der Waals surface area contributed by atoms with Gasteiger partial charge >= 0.3 is 5.97 Å². The summed E-state index contributed by atoms with van der Waals surface area (Å²) in [6, 6.07) is 6.35. The SMILES string of the molecule is CCc1ccc2c(c1)CCc1c(C(=O)OC)noc1-2. The van der Waals surface area contributed by atoms with Crippen LogP contribution in [0.5, 0.6) is 0 Å². The number of fused-ring (bicyclic) bond motifs is 3. The van der Waals surface area contributed by atoms with E-state index in [4.69, 9.17) is 9.26 Å². The number of rotatable bonds is 2. The number of nitrogens with zero attached hydrogens (tertiary/aromatic N) is 1. The predicted molar refractivity (Wildman–Crippen MR) is 70.1 cm³/mol. The van der Waals surface area contributed by atoms with Gasteiger partial charge in [-0.05, 0) is 30.4 Å². The molecule has 1 aliphatic carbocycles. The Balaban J connectivity index is 2.10. The zero-order valence-electron chi connectivity index (χ0n) is 11.0. The zero-order valence-corrected chi connectivity index (χ0v) is 11.0. The highest BCUT2D eigenvalue weighted by atomic mass is 16.5. The molecule has 0 amide bonds. The van der Waals surface area contributed by atoms with Gasteiger partial charge in [0.2, 0.25) is 0 Å². The minimum atomic E-state index is -0.432. The van der Waals surface area contributed by atoms with E-state index in [9.17, 15) is 4.79 Å². The van der Waals surface area contributed by atoms with Crippen molar-refractivity contribution in [1.82, 2.24) is 5.16 Å².